The maximum Gasteiger partial charge on any atom is 0.241 e. The van der Waals surface area contributed by atoms with Crippen LogP contribution in [0.25, 0.3) is 0 Å². The van der Waals surface area contributed by atoms with Crippen LogP contribution < -0.4 is 11.1 Å². The van der Waals surface area contributed by atoms with E-state index in [2.05, 4.69) is 5.32 Å². The van der Waals surface area contributed by atoms with Gasteiger partial charge in [-0.3, -0.25) is 4.79 Å². The van der Waals surface area contributed by atoms with Crippen molar-refractivity contribution >= 4 is 11.6 Å². The van der Waals surface area contributed by atoms with E-state index in [0.29, 0.717) is 26.1 Å². The average molecular weight is 270 g/mol. The molecule has 0 radical (unpaired) electrons. The normalized spacial score (nSPS) is 18.1. The van der Waals surface area contributed by atoms with Crippen molar-refractivity contribution in [2.24, 2.45) is 11.7 Å². The van der Waals surface area contributed by atoms with E-state index in [4.69, 9.17) is 10.5 Å². The molecule has 19 heavy (non-hydrogen) atoms. The SMILES string of the molecule is NC(C(=O)Nc1ccc(F)cc1F)C1CCOCC1. The average Bonchev–Trinajstić information content (AvgIpc) is 2.42. The first-order valence-corrected chi connectivity index (χ1v) is 6.17. The molecule has 1 atom stereocenters. The van der Waals surface area contributed by atoms with Gasteiger partial charge in [0.05, 0.1) is 11.7 Å². The first-order valence-electron chi connectivity index (χ1n) is 6.17. The van der Waals surface area contributed by atoms with Crippen LogP contribution >= 0.6 is 0 Å². The fourth-order valence-corrected chi connectivity index (χ4v) is 2.10. The summed E-state index contributed by atoms with van der Waals surface area (Å²) in [5, 5.41) is 2.39. The molecule has 2 rings (SSSR count). The molecule has 0 aliphatic carbocycles. The number of carbonyl (C=O) groups excluding carboxylic acids is 1. The lowest BCUT2D eigenvalue weighted by atomic mass is 9.92. The second kappa shape index (κ2) is 6.08. The molecule has 6 heteroatoms. The lowest BCUT2D eigenvalue weighted by Gasteiger charge is -2.26. The van der Waals surface area contributed by atoms with Crippen molar-refractivity contribution in [3.8, 4) is 0 Å². The predicted octanol–water partition coefficient (Wildman–Crippen LogP) is 1.66. The first-order chi connectivity index (χ1) is 9.08. The van der Waals surface area contributed by atoms with Crippen LogP contribution in [0.2, 0.25) is 0 Å². The van der Waals surface area contributed by atoms with Crippen LogP contribution in [0, 0.1) is 17.6 Å². The first kappa shape index (κ1) is 13.9. The number of hydrogen-bond donors (Lipinski definition) is 2. The largest absolute Gasteiger partial charge is 0.381 e. The molecule has 0 aromatic heterocycles. The van der Waals surface area contributed by atoms with Gasteiger partial charge in [-0.1, -0.05) is 0 Å². The van der Waals surface area contributed by atoms with Crippen molar-refractivity contribution in [3.05, 3.63) is 29.8 Å². The maximum absolute atomic E-state index is 13.4. The zero-order valence-corrected chi connectivity index (χ0v) is 10.4. The van der Waals surface area contributed by atoms with Gasteiger partial charge in [0.2, 0.25) is 5.91 Å². The van der Waals surface area contributed by atoms with E-state index in [0.717, 1.165) is 12.1 Å². The summed E-state index contributed by atoms with van der Waals surface area (Å²) in [6, 6.07) is 2.27. The van der Waals surface area contributed by atoms with Crippen molar-refractivity contribution in [2.75, 3.05) is 18.5 Å². The van der Waals surface area contributed by atoms with Crippen molar-refractivity contribution in [1.29, 1.82) is 0 Å². The molecule has 1 unspecified atom stereocenters. The molecule has 1 aliphatic rings. The molecule has 1 aromatic rings. The van der Waals surface area contributed by atoms with E-state index in [1.54, 1.807) is 0 Å². The van der Waals surface area contributed by atoms with Crippen molar-refractivity contribution in [1.82, 2.24) is 0 Å². The Morgan fingerprint density at radius 1 is 1.37 bits per heavy atom. The van der Waals surface area contributed by atoms with Crippen LogP contribution in [0.5, 0.6) is 0 Å². The summed E-state index contributed by atoms with van der Waals surface area (Å²) >= 11 is 0. The summed E-state index contributed by atoms with van der Waals surface area (Å²) in [4.78, 5) is 11.9. The molecular formula is C13H16F2N2O2. The lowest BCUT2D eigenvalue weighted by Crippen LogP contribution is -2.44. The third-order valence-electron chi connectivity index (χ3n) is 3.27. The second-order valence-electron chi connectivity index (χ2n) is 4.59. The summed E-state index contributed by atoms with van der Waals surface area (Å²) in [5.74, 6) is -1.94. The molecule has 1 saturated heterocycles. The van der Waals surface area contributed by atoms with Crippen LogP contribution in [0.1, 0.15) is 12.8 Å². The topological polar surface area (TPSA) is 64.4 Å². The molecular weight excluding hydrogens is 254 g/mol. The molecule has 104 valence electrons. The number of anilines is 1. The Morgan fingerprint density at radius 3 is 2.68 bits per heavy atom. The van der Waals surface area contributed by atoms with Crippen molar-refractivity contribution < 1.29 is 18.3 Å². The minimum atomic E-state index is -0.812. The zero-order valence-electron chi connectivity index (χ0n) is 10.4. The van der Waals surface area contributed by atoms with Gasteiger partial charge >= 0.3 is 0 Å². The van der Waals surface area contributed by atoms with E-state index < -0.39 is 23.6 Å². The Hall–Kier alpha value is -1.53. The highest BCUT2D eigenvalue weighted by molar-refractivity contribution is 5.95. The summed E-state index contributed by atoms with van der Waals surface area (Å²) in [6.45, 7) is 1.16. The Labute approximate surface area is 109 Å². The van der Waals surface area contributed by atoms with Gasteiger partial charge in [-0.15, -0.1) is 0 Å². The van der Waals surface area contributed by atoms with E-state index >= 15 is 0 Å². The molecule has 1 heterocycles. The van der Waals surface area contributed by atoms with Gasteiger partial charge in [0.15, 0.2) is 0 Å². The number of halogens is 2. The van der Waals surface area contributed by atoms with Crippen LogP contribution in [-0.2, 0) is 9.53 Å². The summed E-state index contributed by atoms with van der Waals surface area (Å²) in [5.41, 5.74) is 5.79. The van der Waals surface area contributed by atoms with Crippen molar-refractivity contribution in [2.45, 2.75) is 18.9 Å². The molecule has 3 N–H and O–H groups in total. The maximum atomic E-state index is 13.4. The lowest BCUT2D eigenvalue weighted by molar-refractivity contribution is -0.119. The van der Waals surface area contributed by atoms with E-state index in [1.165, 1.54) is 6.07 Å². The van der Waals surface area contributed by atoms with Crippen molar-refractivity contribution in [3.63, 3.8) is 0 Å². The standard InChI is InChI=1S/C13H16F2N2O2/c14-9-1-2-11(10(15)7-9)17-13(18)12(16)8-3-5-19-6-4-8/h1-2,7-8,12H,3-6,16H2,(H,17,18). The second-order valence-corrected chi connectivity index (χ2v) is 4.59. The molecule has 1 amide bonds. The van der Waals surface area contributed by atoms with Crippen LogP contribution in [0.15, 0.2) is 18.2 Å². The summed E-state index contributed by atoms with van der Waals surface area (Å²) in [6.07, 6.45) is 1.42. The number of nitrogens with two attached hydrogens (primary N) is 1. The van der Waals surface area contributed by atoms with Crippen LogP contribution in [0.3, 0.4) is 0 Å². The van der Waals surface area contributed by atoms with E-state index in [-0.39, 0.29) is 11.6 Å². The molecule has 0 saturated carbocycles. The summed E-state index contributed by atoms with van der Waals surface area (Å²) in [7, 11) is 0. The molecule has 1 aromatic carbocycles. The van der Waals surface area contributed by atoms with Gasteiger partial charge in [0, 0.05) is 19.3 Å². The number of ether oxygens (including phenoxy) is 1. The number of amides is 1. The number of carbonyl (C=O) groups is 1. The molecule has 4 nitrogen and oxygen atoms in total. The highest BCUT2D eigenvalue weighted by Gasteiger charge is 2.27. The summed E-state index contributed by atoms with van der Waals surface area (Å²) < 4.78 is 31.3. The van der Waals surface area contributed by atoms with Crippen LogP contribution in [0.4, 0.5) is 14.5 Å². The molecule has 1 fully saturated rings. The number of rotatable bonds is 3. The number of nitrogens with one attached hydrogen (secondary N) is 1. The third-order valence-corrected chi connectivity index (χ3v) is 3.27. The zero-order chi connectivity index (χ0) is 13.8. The van der Waals surface area contributed by atoms with Gasteiger partial charge in [0.1, 0.15) is 11.6 Å². The van der Waals surface area contributed by atoms with E-state index in [1.807, 2.05) is 0 Å². The number of benzene rings is 1. The van der Waals surface area contributed by atoms with E-state index in [9.17, 15) is 13.6 Å². The Kier molecular flexibility index (Phi) is 4.44. The fourth-order valence-electron chi connectivity index (χ4n) is 2.10. The van der Waals surface area contributed by atoms with Gasteiger partial charge in [-0.25, -0.2) is 8.78 Å². The molecule has 1 aliphatic heterocycles. The Bertz CT molecular complexity index is 462. The van der Waals surface area contributed by atoms with Gasteiger partial charge in [-0.2, -0.15) is 0 Å². The number of hydrogen-bond acceptors (Lipinski definition) is 3. The highest BCUT2D eigenvalue weighted by atomic mass is 19.1. The highest BCUT2D eigenvalue weighted by Crippen LogP contribution is 2.20. The van der Waals surface area contributed by atoms with Gasteiger partial charge < -0.3 is 15.8 Å². The fraction of sp³-hybridized carbons (Fsp3) is 0.462. The van der Waals surface area contributed by atoms with Gasteiger partial charge in [0.25, 0.3) is 0 Å². The minimum Gasteiger partial charge on any atom is -0.381 e. The minimum absolute atomic E-state index is 0.0252. The monoisotopic (exact) mass is 270 g/mol. The third kappa shape index (κ3) is 3.48. The molecule has 0 spiro atoms. The Balaban J connectivity index is 1.99. The van der Waals surface area contributed by atoms with Gasteiger partial charge in [-0.05, 0) is 30.9 Å². The Morgan fingerprint density at radius 2 is 2.05 bits per heavy atom. The molecule has 0 bridgehead atoms. The van der Waals surface area contributed by atoms with Crippen LogP contribution in [-0.4, -0.2) is 25.2 Å². The quantitative estimate of drug-likeness (QED) is 0.878. The predicted molar refractivity (Wildman–Crippen MR) is 66.5 cm³/mol. The smallest absolute Gasteiger partial charge is 0.241 e.